The number of methoxy groups -OCH3 is 1. The molecule has 2 rings (SSSR count). The van der Waals surface area contributed by atoms with Gasteiger partial charge in [0.1, 0.15) is 5.75 Å². The zero-order valence-electron chi connectivity index (χ0n) is 10.1. The Labute approximate surface area is 110 Å². The van der Waals surface area contributed by atoms with Crippen molar-refractivity contribution in [3.05, 3.63) is 58.4 Å². The Bertz CT molecular complexity index is 579. The third-order valence-corrected chi connectivity index (χ3v) is 2.81. The number of aromatic nitrogens is 1. The fourth-order valence-corrected chi connectivity index (χ4v) is 1.79. The van der Waals surface area contributed by atoms with E-state index in [4.69, 9.17) is 16.3 Å². The largest absolute Gasteiger partial charge is 0.496 e. The molecule has 1 aromatic heterocycles. The van der Waals surface area contributed by atoms with Crippen molar-refractivity contribution < 1.29 is 9.53 Å². The molecule has 0 unspecified atom stereocenters. The van der Waals surface area contributed by atoms with E-state index in [2.05, 4.69) is 4.98 Å². The number of carbonyl (C=O) groups is 1. The average Bonchev–Trinajstić information content (AvgIpc) is 2.39. The number of pyridine rings is 1. The highest BCUT2D eigenvalue weighted by Gasteiger charge is 2.15. The van der Waals surface area contributed by atoms with Gasteiger partial charge in [0.25, 0.3) is 0 Å². The molecule has 0 N–H and O–H groups in total. The van der Waals surface area contributed by atoms with Crippen molar-refractivity contribution in [1.29, 1.82) is 0 Å². The minimum atomic E-state index is -0.151. The van der Waals surface area contributed by atoms with Crippen molar-refractivity contribution in [3.8, 4) is 5.75 Å². The number of benzene rings is 1. The summed E-state index contributed by atoms with van der Waals surface area (Å²) in [6.07, 6.45) is 1.55. The van der Waals surface area contributed by atoms with Crippen LogP contribution >= 0.6 is 11.6 Å². The van der Waals surface area contributed by atoms with Crippen molar-refractivity contribution in [1.82, 2.24) is 4.98 Å². The van der Waals surface area contributed by atoms with Crippen LogP contribution in [0.25, 0.3) is 0 Å². The molecule has 0 spiro atoms. The fourth-order valence-electron chi connectivity index (χ4n) is 1.62. The van der Waals surface area contributed by atoms with E-state index >= 15 is 0 Å². The normalized spacial score (nSPS) is 10.2. The SMILES string of the molecule is COc1ccc(Cl)cc1C(=O)c1ccc(C)nc1. The highest BCUT2D eigenvalue weighted by atomic mass is 35.5. The summed E-state index contributed by atoms with van der Waals surface area (Å²) in [6, 6.07) is 8.50. The molecule has 0 aliphatic heterocycles. The van der Waals surface area contributed by atoms with Crippen molar-refractivity contribution in [2.75, 3.05) is 7.11 Å². The second-order valence-corrected chi connectivity index (χ2v) is 4.30. The number of hydrogen-bond acceptors (Lipinski definition) is 3. The van der Waals surface area contributed by atoms with E-state index in [-0.39, 0.29) is 5.78 Å². The lowest BCUT2D eigenvalue weighted by atomic mass is 10.0. The van der Waals surface area contributed by atoms with E-state index in [1.165, 1.54) is 7.11 Å². The lowest BCUT2D eigenvalue weighted by Crippen LogP contribution is -2.04. The lowest BCUT2D eigenvalue weighted by Gasteiger charge is -2.08. The third kappa shape index (κ3) is 2.51. The predicted molar refractivity (Wildman–Crippen MR) is 70.4 cm³/mol. The molecular weight excluding hydrogens is 250 g/mol. The zero-order valence-corrected chi connectivity index (χ0v) is 10.9. The number of ketones is 1. The number of halogens is 1. The molecule has 3 nitrogen and oxygen atoms in total. The maximum atomic E-state index is 12.3. The molecule has 0 amide bonds. The van der Waals surface area contributed by atoms with Gasteiger partial charge in [0, 0.05) is 22.5 Å². The van der Waals surface area contributed by atoms with Crippen LogP contribution in [-0.2, 0) is 0 Å². The molecule has 1 heterocycles. The minimum Gasteiger partial charge on any atom is -0.496 e. The van der Waals surface area contributed by atoms with Crippen molar-refractivity contribution in [3.63, 3.8) is 0 Å². The van der Waals surface area contributed by atoms with Crippen LogP contribution in [0.4, 0.5) is 0 Å². The second kappa shape index (κ2) is 5.19. The fraction of sp³-hybridized carbons (Fsp3) is 0.143. The average molecular weight is 262 g/mol. The van der Waals surface area contributed by atoms with Crippen LogP contribution in [0.2, 0.25) is 5.02 Å². The quantitative estimate of drug-likeness (QED) is 0.796. The molecule has 1 aromatic carbocycles. The summed E-state index contributed by atoms with van der Waals surface area (Å²) in [5.41, 5.74) is 1.82. The van der Waals surface area contributed by atoms with Gasteiger partial charge in [-0.1, -0.05) is 11.6 Å². The van der Waals surface area contributed by atoms with Crippen molar-refractivity contribution >= 4 is 17.4 Å². The molecule has 92 valence electrons. The summed E-state index contributed by atoms with van der Waals surface area (Å²) >= 11 is 5.91. The number of aryl methyl sites for hydroxylation is 1. The Balaban J connectivity index is 2.45. The third-order valence-electron chi connectivity index (χ3n) is 2.58. The molecule has 0 aliphatic rings. The highest BCUT2D eigenvalue weighted by Crippen LogP contribution is 2.25. The molecule has 0 bridgehead atoms. The number of hydrogen-bond donors (Lipinski definition) is 0. The molecular formula is C14H12ClNO2. The van der Waals surface area contributed by atoms with Gasteiger partial charge in [-0.25, -0.2) is 0 Å². The molecule has 0 saturated heterocycles. The Morgan fingerprint density at radius 1 is 1.28 bits per heavy atom. The van der Waals surface area contributed by atoms with Crippen molar-refractivity contribution in [2.45, 2.75) is 6.92 Å². The maximum absolute atomic E-state index is 12.3. The van der Waals surface area contributed by atoms with Gasteiger partial charge in [-0.05, 0) is 37.3 Å². The molecule has 0 atom stereocenters. The first-order valence-electron chi connectivity index (χ1n) is 5.42. The highest BCUT2D eigenvalue weighted by molar-refractivity contribution is 6.31. The van der Waals surface area contributed by atoms with Gasteiger partial charge >= 0.3 is 0 Å². The van der Waals surface area contributed by atoms with Crippen LogP contribution in [0.3, 0.4) is 0 Å². The number of rotatable bonds is 3. The van der Waals surface area contributed by atoms with E-state index in [1.54, 1.807) is 36.5 Å². The molecule has 0 aliphatic carbocycles. The Kier molecular flexibility index (Phi) is 3.63. The lowest BCUT2D eigenvalue weighted by molar-refractivity contribution is 0.103. The zero-order chi connectivity index (χ0) is 13.1. The molecule has 4 heteroatoms. The standard InChI is InChI=1S/C14H12ClNO2/c1-9-3-4-10(8-16-9)14(17)12-7-11(15)5-6-13(12)18-2/h3-8H,1-2H3. The molecule has 18 heavy (non-hydrogen) atoms. The van der Waals surface area contributed by atoms with Crippen LogP contribution in [0.15, 0.2) is 36.5 Å². The van der Waals surface area contributed by atoms with E-state index in [1.807, 2.05) is 6.92 Å². The Hall–Kier alpha value is -1.87. The predicted octanol–water partition coefficient (Wildman–Crippen LogP) is 3.28. The van der Waals surface area contributed by atoms with E-state index in [0.717, 1.165) is 5.69 Å². The van der Waals surface area contributed by atoms with Gasteiger partial charge in [-0.2, -0.15) is 0 Å². The smallest absolute Gasteiger partial charge is 0.198 e. The van der Waals surface area contributed by atoms with Gasteiger partial charge < -0.3 is 4.74 Å². The van der Waals surface area contributed by atoms with E-state index in [9.17, 15) is 4.79 Å². The van der Waals surface area contributed by atoms with Crippen molar-refractivity contribution in [2.24, 2.45) is 0 Å². The Morgan fingerprint density at radius 2 is 2.06 bits per heavy atom. The summed E-state index contributed by atoms with van der Waals surface area (Å²) < 4.78 is 5.17. The number of carbonyl (C=O) groups excluding carboxylic acids is 1. The monoisotopic (exact) mass is 261 g/mol. The summed E-state index contributed by atoms with van der Waals surface area (Å²) in [6.45, 7) is 1.87. The first-order chi connectivity index (χ1) is 8.61. The summed E-state index contributed by atoms with van der Waals surface area (Å²) in [4.78, 5) is 16.4. The van der Waals surface area contributed by atoms with Crippen LogP contribution in [0.5, 0.6) is 5.75 Å². The molecule has 0 fully saturated rings. The second-order valence-electron chi connectivity index (χ2n) is 3.86. The first-order valence-corrected chi connectivity index (χ1v) is 5.80. The van der Waals surface area contributed by atoms with Gasteiger partial charge in [0.2, 0.25) is 0 Å². The summed E-state index contributed by atoms with van der Waals surface area (Å²) in [5.74, 6) is 0.354. The Morgan fingerprint density at radius 3 is 2.67 bits per heavy atom. The van der Waals surface area contributed by atoms with Crippen LogP contribution < -0.4 is 4.74 Å². The molecule has 0 saturated carbocycles. The topological polar surface area (TPSA) is 39.2 Å². The minimum absolute atomic E-state index is 0.151. The van der Waals surface area contributed by atoms with Gasteiger partial charge in [-0.15, -0.1) is 0 Å². The molecule has 2 aromatic rings. The maximum Gasteiger partial charge on any atom is 0.198 e. The first kappa shape index (κ1) is 12.6. The van der Waals surface area contributed by atoms with Crippen LogP contribution in [0.1, 0.15) is 21.6 Å². The van der Waals surface area contributed by atoms with Gasteiger partial charge in [-0.3, -0.25) is 9.78 Å². The number of nitrogens with zero attached hydrogens (tertiary/aromatic N) is 1. The summed E-state index contributed by atoms with van der Waals surface area (Å²) in [5, 5.41) is 0.499. The van der Waals surface area contributed by atoms with Crippen LogP contribution in [0, 0.1) is 6.92 Å². The van der Waals surface area contributed by atoms with E-state index < -0.39 is 0 Å². The summed E-state index contributed by atoms with van der Waals surface area (Å²) in [7, 11) is 1.52. The van der Waals surface area contributed by atoms with Crippen LogP contribution in [-0.4, -0.2) is 17.9 Å². The van der Waals surface area contributed by atoms with Gasteiger partial charge in [0.15, 0.2) is 5.78 Å². The van der Waals surface area contributed by atoms with E-state index in [0.29, 0.717) is 21.9 Å². The number of ether oxygens (including phenoxy) is 1. The molecule has 0 radical (unpaired) electrons. The van der Waals surface area contributed by atoms with Gasteiger partial charge in [0.05, 0.1) is 12.7 Å².